The first-order valence-electron chi connectivity index (χ1n) is 6.84. The molecule has 1 heterocycles. The molecule has 2 fully saturated rings. The first-order valence-corrected chi connectivity index (χ1v) is 6.84. The summed E-state index contributed by atoms with van der Waals surface area (Å²) in [5, 5.41) is 3.58. The first kappa shape index (κ1) is 12.3. The summed E-state index contributed by atoms with van der Waals surface area (Å²) in [5.41, 5.74) is 0. The summed E-state index contributed by atoms with van der Waals surface area (Å²) in [4.78, 5) is 4.95. The smallest absolute Gasteiger partial charge is 0.0104 e. The second-order valence-electron chi connectivity index (χ2n) is 5.74. The second-order valence-corrected chi connectivity index (χ2v) is 5.74. The Morgan fingerprint density at radius 3 is 2.50 bits per heavy atom. The fourth-order valence-corrected chi connectivity index (χ4v) is 2.52. The molecule has 0 aromatic rings. The number of piperidine rings is 1. The van der Waals surface area contributed by atoms with Crippen LogP contribution in [0.1, 0.15) is 25.7 Å². The lowest BCUT2D eigenvalue weighted by molar-refractivity contribution is 0.176. The SMILES string of the molecule is CN1CCC(CN(C)CCNC2CC2)CC1. The van der Waals surface area contributed by atoms with Gasteiger partial charge in [-0.25, -0.2) is 0 Å². The minimum atomic E-state index is 0.858. The zero-order valence-corrected chi connectivity index (χ0v) is 10.9. The Morgan fingerprint density at radius 2 is 1.88 bits per heavy atom. The van der Waals surface area contributed by atoms with E-state index in [0.29, 0.717) is 0 Å². The topological polar surface area (TPSA) is 18.5 Å². The average molecular weight is 225 g/mol. The maximum absolute atomic E-state index is 3.58. The number of hydrogen-bond donors (Lipinski definition) is 1. The van der Waals surface area contributed by atoms with Gasteiger partial charge in [-0.2, -0.15) is 0 Å². The maximum atomic E-state index is 3.58. The predicted molar refractivity (Wildman–Crippen MR) is 68.7 cm³/mol. The predicted octanol–water partition coefficient (Wildman–Crippen LogP) is 1.01. The van der Waals surface area contributed by atoms with E-state index in [-0.39, 0.29) is 0 Å². The van der Waals surface area contributed by atoms with Gasteiger partial charge in [-0.05, 0) is 58.8 Å². The van der Waals surface area contributed by atoms with Crippen LogP contribution in [0.25, 0.3) is 0 Å². The lowest BCUT2D eigenvalue weighted by Crippen LogP contribution is -2.38. The molecular weight excluding hydrogens is 198 g/mol. The van der Waals surface area contributed by atoms with Crippen molar-refractivity contribution < 1.29 is 0 Å². The highest BCUT2D eigenvalue weighted by atomic mass is 15.1. The van der Waals surface area contributed by atoms with E-state index >= 15 is 0 Å². The van der Waals surface area contributed by atoms with E-state index in [1.165, 1.54) is 58.4 Å². The summed E-state index contributed by atoms with van der Waals surface area (Å²) in [6.45, 7) is 6.26. The molecule has 0 radical (unpaired) electrons. The molecule has 0 aromatic heterocycles. The Labute approximate surface area is 100 Å². The van der Waals surface area contributed by atoms with Gasteiger partial charge in [-0.1, -0.05) is 0 Å². The molecule has 0 bridgehead atoms. The van der Waals surface area contributed by atoms with E-state index < -0.39 is 0 Å². The van der Waals surface area contributed by atoms with Crippen LogP contribution in [0.2, 0.25) is 0 Å². The number of rotatable bonds is 6. The molecule has 0 amide bonds. The Morgan fingerprint density at radius 1 is 1.19 bits per heavy atom. The van der Waals surface area contributed by atoms with Gasteiger partial charge in [-0.3, -0.25) is 0 Å². The van der Waals surface area contributed by atoms with Gasteiger partial charge < -0.3 is 15.1 Å². The molecule has 3 heteroatoms. The molecule has 2 aliphatic rings. The molecule has 2 rings (SSSR count). The minimum absolute atomic E-state index is 0.858. The van der Waals surface area contributed by atoms with Gasteiger partial charge in [0.1, 0.15) is 0 Å². The zero-order chi connectivity index (χ0) is 11.4. The lowest BCUT2D eigenvalue weighted by Gasteiger charge is -2.31. The quantitative estimate of drug-likeness (QED) is 0.728. The maximum Gasteiger partial charge on any atom is 0.0104 e. The van der Waals surface area contributed by atoms with E-state index in [9.17, 15) is 0 Å². The third kappa shape index (κ3) is 4.40. The third-order valence-electron chi connectivity index (χ3n) is 3.91. The highest BCUT2D eigenvalue weighted by molar-refractivity contribution is 4.81. The normalized spacial score (nSPS) is 24.2. The van der Waals surface area contributed by atoms with Gasteiger partial charge in [0.25, 0.3) is 0 Å². The molecule has 1 aliphatic carbocycles. The van der Waals surface area contributed by atoms with E-state index in [0.717, 1.165) is 12.0 Å². The highest BCUT2D eigenvalue weighted by Gasteiger charge is 2.21. The number of likely N-dealkylation sites (N-methyl/N-ethyl adjacent to an activating group) is 1. The van der Waals surface area contributed by atoms with Gasteiger partial charge in [0.15, 0.2) is 0 Å². The van der Waals surface area contributed by atoms with Crippen LogP contribution in [0.15, 0.2) is 0 Å². The molecule has 0 unspecified atom stereocenters. The molecule has 0 aromatic carbocycles. The molecule has 1 aliphatic heterocycles. The van der Waals surface area contributed by atoms with Crippen LogP contribution in [0, 0.1) is 5.92 Å². The van der Waals surface area contributed by atoms with Crippen molar-refractivity contribution in [1.29, 1.82) is 0 Å². The van der Waals surface area contributed by atoms with Crippen molar-refractivity contribution in [3.63, 3.8) is 0 Å². The van der Waals surface area contributed by atoms with Crippen LogP contribution in [0.3, 0.4) is 0 Å². The molecule has 1 N–H and O–H groups in total. The molecule has 1 saturated carbocycles. The zero-order valence-electron chi connectivity index (χ0n) is 10.9. The van der Waals surface area contributed by atoms with Gasteiger partial charge in [0.05, 0.1) is 0 Å². The lowest BCUT2D eigenvalue weighted by atomic mass is 9.97. The summed E-state index contributed by atoms with van der Waals surface area (Å²) < 4.78 is 0. The summed E-state index contributed by atoms with van der Waals surface area (Å²) >= 11 is 0. The third-order valence-corrected chi connectivity index (χ3v) is 3.91. The minimum Gasteiger partial charge on any atom is -0.313 e. The molecule has 0 atom stereocenters. The van der Waals surface area contributed by atoms with Gasteiger partial charge >= 0.3 is 0 Å². The Kier molecular flexibility index (Phi) is 4.62. The standard InChI is InChI=1S/C13H27N3/c1-15-8-5-12(6-9-15)11-16(2)10-7-14-13-3-4-13/h12-14H,3-11H2,1-2H3. The van der Waals surface area contributed by atoms with E-state index in [2.05, 4.69) is 29.2 Å². The van der Waals surface area contributed by atoms with Crippen molar-refractivity contribution in [1.82, 2.24) is 15.1 Å². The largest absolute Gasteiger partial charge is 0.313 e. The number of hydrogen-bond acceptors (Lipinski definition) is 3. The molecule has 16 heavy (non-hydrogen) atoms. The Hall–Kier alpha value is -0.120. The van der Waals surface area contributed by atoms with Crippen LogP contribution in [-0.2, 0) is 0 Å². The summed E-state index contributed by atoms with van der Waals surface area (Å²) in [5.74, 6) is 0.933. The fraction of sp³-hybridized carbons (Fsp3) is 1.00. The van der Waals surface area contributed by atoms with Crippen LogP contribution >= 0.6 is 0 Å². The molecule has 0 spiro atoms. The summed E-state index contributed by atoms with van der Waals surface area (Å²) in [7, 11) is 4.51. The van der Waals surface area contributed by atoms with Gasteiger partial charge in [0.2, 0.25) is 0 Å². The monoisotopic (exact) mass is 225 g/mol. The molecule has 94 valence electrons. The van der Waals surface area contributed by atoms with Gasteiger partial charge in [0, 0.05) is 25.7 Å². The van der Waals surface area contributed by atoms with Crippen LogP contribution in [0.4, 0.5) is 0 Å². The summed E-state index contributed by atoms with van der Waals surface area (Å²) in [6, 6.07) is 0.858. The van der Waals surface area contributed by atoms with E-state index in [1.54, 1.807) is 0 Å². The van der Waals surface area contributed by atoms with Crippen LogP contribution < -0.4 is 5.32 Å². The number of likely N-dealkylation sites (tertiary alicyclic amines) is 1. The van der Waals surface area contributed by atoms with Crippen LogP contribution in [0.5, 0.6) is 0 Å². The van der Waals surface area contributed by atoms with Crippen molar-refractivity contribution in [2.45, 2.75) is 31.7 Å². The van der Waals surface area contributed by atoms with Crippen molar-refractivity contribution in [2.24, 2.45) is 5.92 Å². The van der Waals surface area contributed by atoms with E-state index in [4.69, 9.17) is 0 Å². The molecule has 3 nitrogen and oxygen atoms in total. The molecular formula is C13H27N3. The first-order chi connectivity index (χ1) is 7.74. The number of nitrogens with one attached hydrogen (secondary N) is 1. The molecule has 1 saturated heterocycles. The number of nitrogens with zero attached hydrogens (tertiary/aromatic N) is 2. The van der Waals surface area contributed by atoms with Gasteiger partial charge in [-0.15, -0.1) is 0 Å². The summed E-state index contributed by atoms with van der Waals surface area (Å²) in [6.07, 6.45) is 5.57. The van der Waals surface area contributed by atoms with Crippen molar-refractivity contribution >= 4 is 0 Å². The Balaban J connectivity index is 1.53. The highest BCUT2D eigenvalue weighted by Crippen LogP contribution is 2.18. The Bertz CT molecular complexity index is 195. The second kappa shape index (κ2) is 5.99. The van der Waals surface area contributed by atoms with Crippen molar-refractivity contribution in [2.75, 3.05) is 46.8 Å². The van der Waals surface area contributed by atoms with E-state index in [1.807, 2.05) is 0 Å². The fourth-order valence-electron chi connectivity index (χ4n) is 2.52. The van der Waals surface area contributed by atoms with Crippen LogP contribution in [-0.4, -0.2) is 62.7 Å². The van der Waals surface area contributed by atoms with Crippen molar-refractivity contribution in [3.8, 4) is 0 Å². The van der Waals surface area contributed by atoms with Crippen molar-refractivity contribution in [3.05, 3.63) is 0 Å². The average Bonchev–Trinajstić information content (AvgIpc) is 3.05.